The molecule has 2 aromatic rings. The molecule has 1 atom stereocenters. The number of hydrogen-bond acceptors (Lipinski definition) is 7. The molecule has 1 aromatic heterocycles. The van der Waals surface area contributed by atoms with Crippen LogP contribution in [0.1, 0.15) is 36.9 Å². The molecule has 35 heavy (non-hydrogen) atoms. The summed E-state index contributed by atoms with van der Waals surface area (Å²) < 4.78 is 10.3. The van der Waals surface area contributed by atoms with Crippen LogP contribution in [0.2, 0.25) is 5.02 Å². The summed E-state index contributed by atoms with van der Waals surface area (Å²) in [4.78, 5) is 45.9. The first kappa shape index (κ1) is 24.5. The van der Waals surface area contributed by atoms with Crippen molar-refractivity contribution in [3.05, 3.63) is 64.4 Å². The molecule has 2 aliphatic rings. The topological polar surface area (TPSA) is 109 Å². The summed E-state index contributed by atoms with van der Waals surface area (Å²) in [5.74, 6) is -1.43. The van der Waals surface area contributed by atoms with Crippen LogP contribution in [-0.4, -0.2) is 70.5 Å². The van der Waals surface area contributed by atoms with Crippen LogP contribution in [0.25, 0.3) is 5.76 Å². The second-order valence-electron chi connectivity index (χ2n) is 8.25. The number of ketones is 1. The van der Waals surface area contributed by atoms with E-state index >= 15 is 0 Å². The molecule has 9 nitrogen and oxygen atoms in total. The number of benzene rings is 1. The Hall–Kier alpha value is -3.59. The van der Waals surface area contributed by atoms with Gasteiger partial charge in [0.25, 0.3) is 11.7 Å². The van der Waals surface area contributed by atoms with Crippen LogP contribution in [0.3, 0.4) is 0 Å². The van der Waals surface area contributed by atoms with Crippen LogP contribution in [-0.2, 0) is 14.3 Å². The second kappa shape index (κ2) is 10.4. The number of aliphatic hydroxyl groups excluding tert-OH is 1. The summed E-state index contributed by atoms with van der Waals surface area (Å²) in [6.45, 7) is 2.80. The number of halogens is 1. The van der Waals surface area contributed by atoms with E-state index in [0.29, 0.717) is 37.2 Å². The van der Waals surface area contributed by atoms with Crippen LogP contribution in [0.5, 0.6) is 5.75 Å². The number of Topliss-reactive ketones (excluding diaryl/α,β-unsaturated/α-hetero) is 1. The average molecular weight is 500 g/mol. The summed E-state index contributed by atoms with van der Waals surface area (Å²) in [5, 5.41) is 11.5. The number of carbonyl (C=O) groups excluding carboxylic acids is 3. The highest BCUT2D eigenvalue weighted by molar-refractivity contribution is 6.47. The Labute approximate surface area is 207 Å². The number of rotatable bonds is 5. The number of methoxy groups -OCH3 is 1. The van der Waals surface area contributed by atoms with Crippen LogP contribution in [0, 0.1) is 0 Å². The van der Waals surface area contributed by atoms with Gasteiger partial charge in [-0.05, 0) is 55.7 Å². The second-order valence-corrected chi connectivity index (χ2v) is 8.66. The van der Waals surface area contributed by atoms with Crippen molar-refractivity contribution in [1.29, 1.82) is 0 Å². The van der Waals surface area contributed by atoms with Crippen molar-refractivity contribution in [3.63, 3.8) is 0 Å². The Bertz CT molecular complexity index is 1160. The number of piperidine rings is 1. The summed E-state index contributed by atoms with van der Waals surface area (Å²) in [6, 6.07) is 6.97. The highest BCUT2D eigenvalue weighted by atomic mass is 35.5. The van der Waals surface area contributed by atoms with Gasteiger partial charge in [-0.15, -0.1) is 0 Å². The molecule has 10 heteroatoms. The minimum Gasteiger partial charge on any atom is -0.507 e. The molecule has 3 heterocycles. The maximum Gasteiger partial charge on any atom is 0.409 e. The van der Waals surface area contributed by atoms with Crippen molar-refractivity contribution in [3.8, 4) is 5.75 Å². The van der Waals surface area contributed by atoms with Crippen molar-refractivity contribution in [2.24, 2.45) is 0 Å². The van der Waals surface area contributed by atoms with Crippen molar-refractivity contribution < 1.29 is 29.0 Å². The number of hydrogen-bond donors (Lipinski definition) is 1. The Balaban J connectivity index is 1.75. The lowest BCUT2D eigenvalue weighted by atomic mass is 9.94. The molecule has 4 rings (SSSR count). The maximum atomic E-state index is 13.3. The van der Waals surface area contributed by atoms with E-state index in [4.69, 9.17) is 21.1 Å². The van der Waals surface area contributed by atoms with Crippen LogP contribution >= 0.6 is 11.6 Å². The molecule has 1 aromatic carbocycles. The third-order valence-electron chi connectivity index (χ3n) is 6.31. The molecule has 0 radical (unpaired) electrons. The minimum absolute atomic E-state index is 0.0517. The third-order valence-corrected chi connectivity index (χ3v) is 6.64. The Morgan fingerprint density at radius 3 is 2.49 bits per heavy atom. The van der Waals surface area contributed by atoms with Gasteiger partial charge in [0.1, 0.15) is 11.5 Å². The van der Waals surface area contributed by atoms with E-state index in [2.05, 4.69) is 4.98 Å². The number of nitrogens with zero attached hydrogens (tertiary/aromatic N) is 3. The summed E-state index contributed by atoms with van der Waals surface area (Å²) in [7, 11) is 1.48. The molecule has 2 aliphatic heterocycles. The van der Waals surface area contributed by atoms with Gasteiger partial charge in [-0.3, -0.25) is 14.6 Å². The predicted octanol–water partition coefficient (Wildman–Crippen LogP) is 3.79. The van der Waals surface area contributed by atoms with Crippen LogP contribution in [0.15, 0.2) is 48.3 Å². The average Bonchev–Trinajstić information content (AvgIpc) is 3.15. The van der Waals surface area contributed by atoms with E-state index in [1.54, 1.807) is 48.5 Å². The number of amides is 2. The number of likely N-dealkylation sites (tertiary alicyclic amines) is 2. The molecule has 2 fully saturated rings. The number of aromatic nitrogens is 1. The summed E-state index contributed by atoms with van der Waals surface area (Å²) in [6.07, 6.45) is 3.67. The molecule has 0 aliphatic carbocycles. The zero-order valence-corrected chi connectivity index (χ0v) is 20.2. The molecule has 0 bridgehead atoms. The molecule has 1 N–H and O–H groups in total. The first-order valence-electron chi connectivity index (χ1n) is 11.3. The van der Waals surface area contributed by atoms with Gasteiger partial charge in [0.2, 0.25) is 0 Å². The standard InChI is InChI=1S/C25H26ClN3O6/c1-3-35-25(33)28-12-8-16(9-13-28)29-21(15-6-10-27-11-7-15)20(23(31)24(29)32)22(30)18-14-17(34-2)4-5-19(18)26/h4-7,10-11,14,16,21,30H,3,8-9,12-13H2,1-2H3/b22-20+. The van der Waals surface area contributed by atoms with E-state index in [0.717, 1.165) is 0 Å². The van der Waals surface area contributed by atoms with Crippen LogP contribution < -0.4 is 4.74 Å². The fourth-order valence-corrected chi connectivity index (χ4v) is 4.81. The fraction of sp³-hybridized carbons (Fsp3) is 0.360. The summed E-state index contributed by atoms with van der Waals surface area (Å²) in [5.41, 5.74) is 0.775. The fourth-order valence-electron chi connectivity index (χ4n) is 4.60. The quantitative estimate of drug-likeness (QED) is 0.378. The van der Waals surface area contributed by atoms with E-state index in [9.17, 15) is 19.5 Å². The van der Waals surface area contributed by atoms with E-state index in [1.807, 2.05) is 0 Å². The lowest BCUT2D eigenvalue weighted by Crippen LogP contribution is -2.48. The highest BCUT2D eigenvalue weighted by Crippen LogP contribution is 2.43. The minimum atomic E-state index is -0.834. The number of ether oxygens (including phenoxy) is 2. The van der Waals surface area contributed by atoms with Crippen molar-refractivity contribution in [2.75, 3.05) is 26.8 Å². The summed E-state index contributed by atoms with van der Waals surface area (Å²) >= 11 is 6.34. The van der Waals surface area contributed by atoms with Gasteiger partial charge < -0.3 is 24.4 Å². The van der Waals surface area contributed by atoms with Crippen molar-refractivity contribution in [1.82, 2.24) is 14.8 Å². The van der Waals surface area contributed by atoms with Gasteiger partial charge in [-0.25, -0.2) is 4.79 Å². The largest absolute Gasteiger partial charge is 0.507 e. The lowest BCUT2D eigenvalue weighted by Gasteiger charge is -2.38. The molecule has 2 amide bonds. The Morgan fingerprint density at radius 1 is 1.17 bits per heavy atom. The molecule has 0 saturated carbocycles. The normalized spacial score (nSPS) is 20.3. The third kappa shape index (κ3) is 4.68. The number of pyridine rings is 1. The van der Waals surface area contributed by atoms with E-state index in [1.165, 1.54) is 18.1 Å². The molecule has 0 spiro atoms. The van der Waals surface area contributed by atoms with Crippen molar-refractivity contribution in [2.45, 2.75) is 31.8 Å². The van der Waals surface area contributed by atoms with Gasteiger partial charge in [0.15, 0.2) is 0 Å². The molecule has 1 unspecified atom stereocenters. The molecular formula is C25H26ClN3O6. The first-order valence-corrected chi connectivity index (χ1v) is 11.7. The lowest BCUT2D eigenvalue weighted by molar-refractivity contribution is -0.142. The van der Waals surface area contributed by atoms with Crippen molar-refractivity contribution >= 4 is 35.1 Å². The van der Waals surface area contributed by atoms with E-state index in [-0.39, 0.29) is 34.6 Å². The van der Waals surface area contributed by atoms with Gasteiger partial charge in [0.05, 0.1) is 30.4 Å². The predicted molar refractivity (Wildman–Crippen MR) is 128 cm³/mol. The maximum absolute atomic E-state index is 13.3. The SMILES string of the molecule is CCOC(=O)N1CCC(N2C(=O)C(=O)/C(=C(/O)c3cc(OC)ccc3Cl)C2c2ccncc2)CC1. The smallest absolute Gasteiger partial charge is 0.409 e. The zero-order chi connectivity index (χ0) is 25.1. The van der Waals surface area contributed by atoms with Gasteiger partial charge in [-0.1, -0.05) is 11.6 Å². The van der Waals surface area contributed by atoms with Gasteiger partial charge >= 0.3 is 6.09 Å². The van der Waals surface area contributed by atoms with Gasteiger partial charge in [-0.2, -0.15) is 0 Å². The van der Waals surface area contributed by atoms with E-state index < -0.39 is 23.8 Å². The highest BCUT2D eigenvalue weighted by Gasteiger charge is 2.49. The molecule has 184 valence electrons. The molecule has 2 saturated heterocycles. The monoisotopic (exact) mass is 499 g/mol. The number of carbonyl (C=O) groups is 3. The Kier molecular flexibility index (Phi) is 7.25. The first-order chi connectivity index (χ1) is 16.9. The van der Waals surface area contributed by atoms with Gasteiger partial charge in [0, 0.05) is 37.1 Å². The number of aliphatic hydroxyl groups is 1. The van der Waals surface area contributed by atoms with Crippen LogP contribution in [0.4, 0.5) is 4.79 Å². The zero-order valence-electron chi connectivity index (χ0n) is 19.4. The Morgan fingerprint density at radius 2 is 1.86 bits per heavy atom. The molecular weight excluding hydrogens is 474 g/mol.